The van der Waals surface area contributed by atoms with Gasteiger partial charge in [0.05, 0.1) is 23.1 Å². The zero-order valence-electron chi connectivity index (χ0n) is 40.7. The second-order valence-corrected chi connectivity index (χ2v) is 21.5. The lowest BCUT2D eigenvalue weighted by molar-refractivity contribution is -0.136. The zero-order chi connectivity index (χ0) is 50.1. The normalized spacial score (nSPS) is 26.6. The van der Waals surface area contributed by atoms with Crippen LogP contribution in [0.2, 0.25) is 5.02 Å². The molecule has 7 aliphatic rings. The standard InChI is InChI=1S/C54H58ClFN10O7/c1-63-27-35(64-17-14-30(15-18-64)50(68)57-16-19-72-37-10-11-38-40(23-37)53(71)66(52(38)70)43-12-13-44(67)60-51(43)69)22-36(63)28-73-54-61-48-41(49(62-54)65-25-33-20-31-8-9-32(31)21-34(26-65)59-33)24-58-47(46(48)56)39-6-2-4-29-5-3-7-42(55)45(29)39/h2-7,10-11,23-24,30-36,43,59H,8-9,12-22,25-28H2,1H3,(H,57,68)(H,60,67,69)/t31?,32?,33?,34?,35-,36-,43?/m0/s1. The van der Waals surface area contributed by atoms with Gasteiger partial charge in [0.25, 0.3) is 11.8 Å². The third-order valence-corrected chi connectivity index (χ3v) is 17.0. The second-order valence-electron chi connectivity index (χ2n) is 21.1. The number of piperazine rings is 1. The number of aromatic nitrogens is 3. The maximum atomic E-state index is 17.2. The van der Waals surface area contributed by atoms with E-state index in [1.54, 1.807) is 12.3 Å². The Morgan fingerprint density at radius 1 is 0.863 bits per heavy atom. The van der Waals surface area contributed by atoms with Gasteiger partial charge in [-0.25, -0.2) is 4.39 Å². The Balaban J connectivity index is 0.670. The van der Waals surface area contributed by atoms with Crippen molar-refractivity contribution in [3.05, 3.63) is 82.8 Å². The molecule has 73 heavy (non-hydrogen) atoms. The number of amides is 5. The first-order valence-corrected chi connectivity index (χ1v) is 26.2. The Morgan fingerprint density at radius 2 is 1.62 bits per heavy atom. The molecule has 6 fully saturated rings. The average molecular weight is 1010 g/mol. The largest absolute Gasteiger partial charge is 0.492 e. The molecule has 17 nitrogen and oxygen atoms in total. The van der Waals surface area contributed by atoms with E-state index >= 15 is 4.39 Å². The number of rotatable bonds is 12. The van der Waals surface area contributed by atoms with E-state index < -0.39 is 35.5 Å². The van der Waals surface area contributed by atoms with E-state index in [4.69, 9.17) is 36.0 Å². The fraction of sp³-hybridized carbons (Fsp3) is 0.481. The number of carbonyl (C=O) groups excluding carboxylic acids is 5. The number of nitrogens with zero attached hydrogens (tertiary/aromatic N) is 7. The topological polar surface area (TPSA) is 192 Å². The molecule has 380 valence electrons. The van der Waals surface area contributed by atoms with Crippen LogP contribution in [0.4, 0.5) is 10.2 Å². The Morgan fingerprint density at radius 3 is 2.37 bits per heavy atom. The van der Waals surface area contributed by atoms with E-state index in [2.05, 4.69) is 37.7 Å². The Labute approximate surface area is 426 Å². The molecule has 19 heteroatoms. The number of likely N-dealkylation sites (N-methyl/N-ethyl adjacent to an activating group) is 1. The molecular formula is C54H58ClFN10O7. The summed E-state index contributed by atoms with van der Waals surface area (Å²) in [5.74, 6) is -0.486. The predicted octanol–water partition coefficient (Wildman–Crippen LogP) is 5.36. The minimum atomic E-state index is -1.05. The van der Waals surface area contributed by atoms with Crippen molar-refractivity contribution in [1.82, 2.24) is 45.6 Å². The van der Waals surface area contributed by atoms with E-state index in [0.29, 0.717) is 46.2 Å². The maximum Gasteiger partial charge on any atom is 0.319 e. The van der Waals surface area contributed by atoms with Gasteiger partial charge in [-0.05, 0) is 113 Å². The average Bonchev–Trinajstić information content (AvgIpc) is 3.86. The summed E-state index contributed by atoms with van der Waals surface area (Å²) in [6.07, 6.45) is 8.96. The van der Waals surface area contributed by atoms with Crippen LogP contribution in [0.3, 0.4) is 0 Å². The van der Waals surface area contributed by atoms with Gasteiger partial charge in [-0.2, -0.15) is 9.97 Å². The molecule has 5 amide bonds. The first-order chi connectivity index (χ1) is 35.4. The first-order valence-electron chi connectivity index (χ1n) is 25.8. The molecule has 2 bridgehead atoms. The van der Waals surface area contributed by atoms with Crippen molar-refractivity contribution in [2.24, 2.45) is 17.8 Å². The van der Waals surface area contributed by atoms with E-state index in [-0.39, 0.29) is 78.3 Å². The molecule has 5 aromatic rings. The number of carbonyl (C=O) groups is 5. The van der Waals surface area contributed by atoms with Crippen molar-refractivity contribution in [3.8, 4) is 23.0 Å². The molecule has 0 radical (unpaired) electrons. The van der Waals surface area contributed by atoms with Crippen LogP contribution in [0.1, 0.15) is 78.5 Å². The van der Waals surface area contributed by atoms with Gasteiger partial charge < -0.3 is 25.0 Å². The van der Waals surface area contributed by atoms with Gasteiger partial charge >= 0.3 is 6.01 Å². The number of fused-ring (bicyclic) bond motifs is 6. The highest BCUT2D eigenvalue weighted by atomic mass is 35.5. The van der Waals surface area contributed by atoms with Gasteiger partial charge in [0, 0.05) is 78.3 Å². The number of imide groups is 2. The van der Waals surface area contributed by atoms with E-state index in [9.17, 15) is 24.0 Å². The number of ether oxygens (including phenoxy) is 2. The van der Waals surface area contributed by atoms with Crippen molar-refractivity contribution >= 4 is 68.6 Å². The molecule has 6 aliphatic heterocycles. The second kappa shape index (κ2) is 19.5. The Kier molecular flexibility index (Phi) is 12.7. The van der Waals surface area contributed by atoms with Gasteiger partial charge in [-0.15, -0.1) is 0 Å². The molecule has 8 heterocycles. The highest BCUT2D eigenvalue weighted by Gasteiger charge is 2.46. The minimum absolute atomic E-state index is 0.0330. The maximum absolute atomic E-state index is 17.2. The molecule has 7 atom stereocenters. The molecule has 5 unspecified atom stereocenters. The van der Waals surface area contributed by atoms with Crippen molar-refractivity contribution in [1.29, 1.82) is 0 Å². The van der Waals surface area contributed by atoms with Crippen molar-refractivity contribution in [3.63, 3.8) is 0 Å². The van der Waals surface area contributed by atoms with Gasteiger partial charge in [0.1, 0.15) is 42.0 Å². The number of halogens is 2. The minimum Gasteiger partial charge on any atom is -0.492 e. The first kappa shape index (κ1) is 47.7. The number of likely N-dealkylation sites (tertiary alicyclic amines) is 2. The number of anilines is 1. The Hall–Kier alpha value is -6.34. The van der Waals surface area contributed by atoms with E-state index in [0.717, 1.165) is 92.3 Å². The smallest absolute Gasteiger partial charge is 0.319 e. The van der Waals surface area contributed by atoms with Crippen LogP contribution >= 0.6 is 11.6 Å². The number of piperidine rings is 2. The van der Waals surface area contributed by atoms with Crippen LogP contribution in [0.25, 0.3) is 32.9 Å². The van der Waals surface area contributed by atoms with Crippen LogP contribution in [-0.4, -0.2) is 149 Å². The van der Waals surface area contributed by atoms with Gasteiger partial charge in [0.2, 0.25) is 17.7 Å². The highest BCUT2D eigenvalue weighted by Crippen LogP contribution is 2.45. The van der Waals surface area contributed by atoms with Crippen LogP contribution in [-0.2, 0) is 14.4 Å². The molecule has 5 saturated heterocycles. The summed E-state index contributed by atoms with van der Waals surface area (Å²) < 4.78 is 29.6. The number of hydrogen-bond donors (Lipinski definition) is 3. The fourth-order valence-corrected chi connectivity index (χ4v) is 13.0. The summed E-state index contributed by atoms with van der Waals surface area (Å²) in [6.45, 7) is 4.65. The third kappa shape index (κ3) is 9.03. The summed E-state index contributed by atoms with van der Waals surface area (Å²) >= 11 is 6.73. The molecule has 1 aliphatic carbocycles. The summed E-state index contributed by atoms with van der Waals surface area (Å²) in [6, 6.07) is 16.0. The van der Waals surface area contributed by atoms with Gasteiger partial charge in [-0.3, -0.25) is 49.0 Å². The fourth-order valence-electron chi connectivity index (χ4n) is 12.7. The molecule has 3 N–H and O–H groups in total. The lowest BCUT2D eigenvalue weighted by Crippen LogP contribution is -2.56. The van der Waals surface area contributed by atoms with E-state index in [1.807, 2.05) is 36.4 Å². The lowest BCUT2D eigenvalue weighted by Gasteiger charge is -2.38. The molecular weight excluding hydrogens is 955 g/mol. The Bertz CT molecular complexity index is 3040. The number of benzene rings is 3. The van der Waals surface area contributed by atoms with Crippen LogP contribution < -0.4 is 30.3 Å². The monoisotopic (exact) mass is 1010 g/mol. The van der Waals surface area contributed by atoms with Gasteiger partial charge in [-0.1, -0.05) is 41.9 Å². The van der Waals surface area contributed by atoms with Gasteiger partial charge in [0.15, 0.2) is 5.82 Å². The predicted molar refractivity (Wildman–Crippen MR) is 270 cm³/mol. The highest BCUT2D eigenvalue weighted by molar-refractivity contribution is 6.36. The molecule has 1 saturated carbocycles. The zero-order valence-corrected chi connectivity index (χ0v) is 41.4. The van der Waals surface area contributed by atoms with Crippen molar-refractivity contribution in [2.75, 3.05) is 64.4 Å². The van der Waals surface area contributed by atoms with Crippen LogP contribution in [0, 0.1) is 23.6 Å². The molecule has 2 aromatic heterocycles. The summed E-state index contributed by atoms with van der Waals surface area (Å²) in [4.78, 5) is 86.2. The lowest BCUT2D eigenvalue weighted by atomic mass is 9.69. The number of pyridine rings is 1. The summed E-state index contributed by atoms with van der Waals surface area (Å²) in [5, 5.41) is 11.8. The quantitative estimate of drug-likeness (QED) is 0.107. The third-order valence-electron chi connectivity index (χ3n) is 16.7. The van der Waals surface area contributed by atoms with Crippen molar-refractivity contribution < 1.29 is 37.8 Å². The molecule has 3 aromatic carbocycles. The summed E-state index contributed by atoms with van der Waals surface area (Å²) in [5.41, 5.74) is 1.24. The van der Waals surface area contributed by atoms with Crippen LogP contribution in [0.15, 0.2) is 60.8 Å². The van der Waals surface area contributed by atoms with Crippen molar-refractivity contribution in [2.45, 2.75) is 88.0 Å². The molecule has 0 spiro atoms. The van der Waals surface area contributed by atoms with Crippen LogP contribution in [0.5, 0.6) is 11.8 Å². The SMILES string of the molecule is CN1C[C@@H](N2CCC(C(=O)NCCOc3ccc4c(c3)C(=O)N(C3CCC(=O)NC3=O)C4=O)CC2)C[C@H]1COc1nc(N2CC3CC4CCC4CC(C2)N3)c2cnc(-c3cccc4cccc(Cl)c34)c(F)c2n1. The number of hydrogen-bond acceptors (Lipinski definition) is 14. The number of nitrogens with one attached hydrogen (secondary N) is 3. The molecule has 12 rings (SSSR count). The van der Waals surface area contributed by atoms with E-state index in [1.165, 1.54) is 25.0 Å². The summed E-state index contributed by atoms with van der Waals surface area (Å²) in [7, 11) is 2.10.